The molecule has 188 valence electrons. The van der Waals surface area contributed by atoms with Crippen LogP contribution in [0.1, 0.15) is 39.2 Å². The Bertz CT molecular complexity index is 1330. The van der Waals surface area contributed by atoms with Crippen molar-refractivity contribution in [3.8, 4) is 0 Å². The third kappa shape index (κ3) is 5.73. The number of carbonyl (C=O) groups excluding carboxylic acids is 1. The number of nitrogens with zero attached hydrogens (tertiary/aromatic N) is 6. The molecule has 3 aromatic heterocycles. The Morgan fingerprint density at radius 1 is 1.22 bits per heavy atom. The van der Waals surface area contributed by atoms with Crippen LogP contribution in [-0.4, -0.2) is 60.5 Å². The van der Waals surface area contributed by atoms with Crippen molar-refractivity contribution < 1.29 is 9.53 Å². The molecule has 5 rings (SSSR count). The van der Waals surface area contributed by atoms with Gasteiger partial charge in [0, 0.05) is 25.3 Å². The fraction of sp³-hybridized carbons (Fsp3) is 0.400. The van der Waals surface area contributed by atoms with Crippen LogP contribution >= 0.6 is 0 Å². The Hall–Kier alpha value is -4.15. The number of ether oxygens (including phenoxy) is 1. The number of amides is 1. The second-order valence-electron chi connectivity index (χ2n) is 9.94. The van der Waals surface area contributed by atoms with Crippen molar-refractivity contribution in [2.24, 2.45) is 0 Å². The smallest absolute Gasteiger partial charge is 0.407 e. The van der Waals surface area contributed by atoms with Gasteiger partial charge in [0.15, 0.2) is 11.5 Å². The maximum absolute atomic E-state index is 12.3. The Labute approximate surface area is 209 Å². The molecule has 1 aromatic carbocycles. The van der Waals surface area contributed by atoms with Crippen LogP contribution in [0.5, 0.6) is 0 Å². The van der Waals surface area contributed by atoms with Gasteiger partial charge in [-0.1, -0.05) is 30.3 Å². The minimum Gasteiger partial charge on any atom is -0.444 e. The third-order valence-corrected chi connectivity index (χ3v) is 5.78. The SMILES string of the molecule is CC(C)(C)OC(=O)N[C@H]1CCCN(c2nc(Nc3cnn(Cc4ccccc4)c3)c3[nH]cnc3n2)C1. The Kier molecular flexibility index (Phi) is 6.45. The first-order valence-corrected chi connectivity index (χ1v) is 12.1. The number of fused-ring (bicyclic) bond motifs is 1. The van der Waals surface area contributed by atoms with Crippen LogP contribution in [0.25, 0.3) is 11.2 Å². The monoisotopic (exact) mass is 489 g/mol. The lowest BCUT2D eigenvalue weighted by molar-refractivity contribution is 0.0500. The van der Waals surface area contributed by atoms with Crippen molar-refractivity contribution in [1.29, 1.82) is 0 Å². The quantitative estimate of drug-likeness (QED) is 0.373. The molecule has 0 unspecified atom stereocenters. The van der Waals surface area contributed by atoms with E-state index < -0.39 is 11.7 Å². The third-order valence-electron chi connectivity index (χ3n) is 5.78. The maximum Gasteiger partial charge on any atom is 0.407 e. The maximum atomic E-state index is 12.3. The van der Waals surface area contributed by atoms with E-state index in [0.29, 0.717) is 30.5 Å². The molecule has 0 aliphatic carbocycles. The summed E-state index contributed by atoms with van der Waals surface area (Å²) in [6.45, 7) is 7.61. The number of alkyl carbamates (subject to hydrolysis) is 1. The number of hydrogen-bond donors (Lipinski definition) is 3. The first-order valence-electron chi connectivity index (χ1n) is 12.1. The molecule has 1 atom stereocenters. The molecule has 1 fully saturated rings. The molecule has 1 saturated heterocycles. The summed E-state index contributed by atoms with van der Waals surface area (Å²) in [6.07, 6.45) is 6.68. The van der Waals surface area contributed by atoms with E-state index in [1.807, 2.05) is 49.8 Å². The van der Waals surface area contributed by atoms with E-state index in [1.54, 1.807) is 12.5 Å². The highest BCUT2D eigenvalue weighted by molar-refractivity contribution is 5.86. The van der Waals surface area contributed by atoms with Gasteiger partial charge in [0.25, 0.3) is 0 Å². The number of benzene rings is 1. The van der Waals surface area contributed by atoms with Crippen LogP contribution < -0.4 is 15.5 Å². The van der Waals surface area contributed by atoms with Gasteiger partial charge in [0.1, 0.15) is 11.1 Å². The highest BCUT2D eigenvalue weighted by Gasteiger charge is 2.26. The molecule has 1 aliphatic rings. The summed E-state index contributed by atoms with van der Waals surface area (Å²) in [7, 11) is 0. The van der Waals surface area contributed by atoms with Gasteiger partial charge in [-0.05, 0) is 39.2 Å². The van der Waals surface area contributed by atoms with E-state index in [1.165, 1.54) is 5.56 Å². The zero-order valence-corrected chi connectivity index (χ0v) is 20.7. The Morgan fingerprint density at radius 3 is 2.86 bits per heavy atom. The second kappa shape index (κ2) is 9.84. The van der Waals surface area contributed by atoms with Crippen LogP contribution in [0.3, 0.4) is 0 Å². The van der Waals surface area contributed by atoms with Crippen molar-refractivity contribution in [3.05, 3.63) is 54.6 Å². The number of imidazole rings is 1. The molecule has 11 nitrogen and oxygen atoms in total. The molecule has 0 spiro atoms. The number of anilines is 3. The molecule has 4 heterocycles. The summed E-state index contributed by atoms with van der Waals surface area (Å²) in [6, 6.07) is 10.1. The van der Waals surface area contributed by atoms with E-state index >= 15 is 0 Å². The van der Waals surface area contributed by atoms with Gasteiger partial charge >= 0.3 is 6.09 Å². The van der Waals surface area contributed by atoms with Gasteiger partial charge in [0.05, 0.1) is 24.8 Å². The van der Waals surface area contributed by atoms with E-state index in [4.69, 9.17) is 9.72 Å². The number of rotatable bonds is 6. The van der Waals surface area contributed by atoms with Crippen LogP contribution in [-0.2, 0) is 11.3 Å². The summed E-state index contributed by atoms with van der Waals surface area (Å²) in [5.41, 5.74) is 2.74. The van der Waals surface area contributed by atoms with Gasteiger partial charge in [-0.3, -0.25) is 4.68 Å². The van der Waals surface area contributed by atoms with Gasteiger partial charge in [0.2, 0.25) is 5.95 Å². The minimum absolute atomic E-state index is 0.0558. The topological polar surface area (TPSA) is 126 Å². The largest absolute Gasteiger partial charge is 0.444 e. The highest BCUT2D eigenvalue weighted by Crippen LogP contribution is 2.26. The normalized spacial score (nSPS) is 16.2. The molecular weight excluding hydrogens is 458 g/mol. The summed E-state index contributed by atoms with van der Waals surface area (Å²) in [5.74, 6) is 1.18. The minimum atomic E-state index is -0.540. The zero-order chi connectivity index (χ0) is 25.1. The number of aromatic amines is 1. The second-order valence-corrected chi connectivity index (χ2v) is 9.94. The van der Waals surface area contributed by atoms with Gasteiger partial charge < -0.3 is 25.3 Å². The molecule has 1 aliphatic heterocycles. The van der Waals surface area contributed by atoms with Crippen LogP contribution in [0.2, 0.25) is 0 Å². The van der Waals surface area contributed by atoms with Crippen molar-refractivity contribution in [2.45, 2.75) is 51.8 Å². The number of nitrogens with one attached hydrogen (secondary N) is 3. The number of H-pyrrole nitrogens is 1. The number of hydrogen-bond acceptors (Lipinski definition) is 8. The van der Waals surface area contributed by atoms with Gasteiger partial charge in [-0.2, -0.15) is 15.1 Å². The highest BCUT2D eigenvalue weighted by atomic mass is 16.6. The van der Waals surface area contributed by atoms with Crippen molar-refractivity contribution in [3.63, 3.8) is 0 Å². The van der Waals surface area contributed by atoms with Crippen LogP contribution in [0.15, 0.2) is 49.1 Å². The van der Waals surface area contributed by atoms with Gasteiger partial charge in [-0.15, -0.1) is 0 Å². The van der Waals surface area contributed by atoms with Crippen LogP contribution in [0.4, 0.5) is 22.2 Å². The Balaban J connectivity index is 1.31. The summed E-state index contributed by atoms with van der Waals surface area (Å²) in [5, 5.41) is 10.8. The summed E-state index contributed by atoms with van der Waals surface area (Å²) >= 11 is 0. The molecule has 1 amide bonds. The average Bonchev–Trinajstić information content (AvgIpc) is 3.48. The number of carbonyl (C=O) groups is 1. The molecule has 11 heteroatoms. The lowest BCUT2D eigenvalue weighted by Crippen LogP contribution is -2.49. The summed E-state index contributed by atoms with van der Waals surface area (Å²) < 4.78 is 7.30. The predicted octanol–water partition coefficient (Wildman–Crippen LogP) is 3.83. The van der Waals surface area contributed by atoms with E-state index in [9.17, 15) is 4.79 Å². The molecule has 3 N–H and O–H groups in total. The molecule has 36 heavy (non-hydrogen) atoms. The van der Waals surface area contributed by atoms with E-state index in [0.717, 1.165) is 30.6 Å². The van der Waals surface area contributed by atoms with E-state index in [-0.39, 0.29) is 6.04 Å². The zero-order valence-electron chi connectivity index (χ0n) is 20.7. The lowest BCUT2D eigenvalue weighted by Gasteiger charge is -2.33. The van der Waals surface area contributed by atoms with Crippen LogP contribution in [0, 0.1) is 0 Å². The van der Waals surface area contributed by atoms with Crippen molar-refractivity contribution >= 4 is 34.7 Å². The van der Waals surface area contributed by atoms with Crippen molar-refractivity contribution in [1.82, 2.24) is 35.0 Å². The molecular formula is C25H31N9O2. The first-order chi connectivity index (χ1) is 17.3. The fourth-order valence-corrected chi connectivity index (χ4v) is 4.23. The van der Waals surface area contributed by atoms with Crippen molar-refractivity contribution in [2.75, 3.05) is 23.3 Å². The first kappa shape index (κ1) is 23.6. The molecule has 4 aromatic rings. The number of piperidine rings is 1. The Morgan fingerprint density at radius 2 is 2.06 bits per heavy atom. The molecule has 0 radical (unpaired) electrons. The lowest BCUT2D eigenvalue weighted by atomic mass is 10.1. The molecule has 0 saturated carbocycles. The summed E-state index contributed by atoms with van der Waals surface area (Å²) in [4.78, 5) is 31.3. The molecule has 0 bridgehead atoms. The van der Waals surface area contributed by atoms with E-state index in [2.05, 4.69) is 47.7 Å². The van der Waals surface area contributed by atoms with Gasteiger partial charge in [-0.25, -0.2) is 9.78 Å². The predicted molar refractivity (Wildman–Crippen MR) is 137 cm³/mol. The fourth-order valence-electron chi connectivity index (χ4n) is 4.23. The standard InChI is InChI=1S/C25H31N9O2/c1-25(2,3)36-24(35)30-18-10-7-11-33(14-18)23-31-21-20(26-16-27-21)22(32-23)29-19-12-28-34(15-19)13-17-8-5-4-6-9-17/h4-6,8-9,12,15-16,18H,7,10-11,13-14H2,1-3H3,(H,30,35)(H2,26,27,29,31,32)/t18-/m0/s1. The number of aromatic nitrogens is 6. The average molecular weight is 490 g/mol.